The van der Waals surface area contributed by atoms with E-state index in [-0.39, 0.29) is 11.1 Å². The van der Waals surface area contributed by atoms with Crippen molar-refractivity contribution in [1.82, 2.24) is 0 Å². The van der Waals surface area contributed by atoms with Gasteiger partial charge in [0.25, 0.3) is 0 Å². The van der Waals surface area contributed by atoms with E-state index in [0.717, 1.165) is 44.1 Å². The van der Waals surface area contributed by atoms with E-state index in [1.165, 1.54) is 17.6 Å². The quantitative estimate of drug-likeness (QED) is 0.619. The van der Waals surface area contributed by atoms with Crippen molar-refractivity contribution < 1.29 is 9.22 Å². The van der Waals surface area contributed by atoms with Crippen LogP contribution in [0.3, 0.4) is 0 Å². The minimum Gasteiger partial charge on any atom is -0.410 e. The van der Waals surface area contributed by atoms with Crippen molar-refractivity contribution in [3.63, 3.8) is 0 Å². The predicted molar refractivity (Wildman–Crippen MR) is 98.0 cm³/mol. The van der Waals surface area contributed by atoms with Crippen LogP contribution in [0.2, 0.25) is 18.1 Å². The number of rotatable bonds is 2. The lowest BCUT2D eigenvalue weighted by molar-refractivity contribution is -0.116. The summed E-state index contributed by atoms with van der Waals surface area (Å²) in [6, 6.07) is 0. The number of ketones is 1. The summed E-state index contributed by atoms with van der Waals surface area (Å²) < 4.78 is 6.79. The van der Waals surface area contributed by atoms with Gasteiger partial charge < -0.3 is 4.43 Å². The molecule has 0 aromatic heterocycles. The van der Waals surface area contributed by atoms with Gasteiger partial charge in [0, 0.05) is 6.42 Å². The van der Waals surface area contributed by atoms with Crippen molar-refractivity contribution in [3.8, 4) is 0 Å². The maximum Gasteiger partial charge on any atom is 0.192 e. The first-order valence-corrected chi connectivity index (χ1v) is 12.2. The highest BCUT2D eigenvalue weighted by Gasteiger charge is 2.42. The van der Waals surface area contributed by atoms with Crippen LogP contribution in [0.15, 0.2) is 22.8 Å². The van der Waals surface area contributed by atoms with Crippen LogP contribution in [-0.2, 0) is 9.22 Å². The minimum atomic E-state index is -1.78. The van der Waals surface area contributed by atoms with E-state index in [4.69, 9.17) is 4.43 Å². The van der Waals surface area contributed by atoms with E-state index in [2.05, 4.69) is 39.9 Å². The molecule has 3 rings (SSSR count). The number of Topliss-reactive ketones (excluding diaryl/α,β-unsaturated/α-hetero) is 1. The molecule has 0 saturated heterocycles. The molecule has 0 aromatic carbocycles. The summed E-state index contributed by atoms with van der Waals surface area (Å²) in [6.07, 6.45) is 10.1. The molecule has 3 heteroatoms. The molecule has 0 bridgehead atoms. The molecule has 0 N–H and O–H groups in total. The van der Waals surface area contributed by atoms with Gasteiger partial charge in [0.05, 0.1) is 6.10 Å². The first-order valence-electron chi connectivity index (χ1n) is 9.33. The Balaban J connectivity index is 1.89. The Morgan fingerprint density at radius 2 is 1.87 bits per heavy atom. The smallest absolute Gasteiger partial charge is 0.192 e. The maximum atomic E-state index is 12.6. The third-order valence-electron chi connectivity index (χ3n) is 6.47. The second kappa shape index (κ2) is 6.00. The first-order chi connectivity index (χ1) is 10.7. The molecular weight excluding hydrogens is 300 g/mol. The van der Waals surface area contributed by atoms with Crippen molar-refractivity contribution in [2.24, 2.45) is 5.92 Å². The fourth-order valence-electron chi connectivity index (χ4n) is 4.03. The van der Waals surface area contributed by atoms with E-state index in [0.29, 0.717) is 11.7 Å². The molecule has 2 unspecified atom stereocenters. The number of hydrogen-bond donors (Lipinski definition) is 0. The van der Waals surface area contributed by atoms with Crippen LogP contribution >= 0.6 is 0 Å². The fraction of sp³-hybridized carbons (Fsp3) is 0.750. The average Bonchev–Trinajstić information content (AvgIpc) is 2.84. The predicted octanol–water partition coefficient (Wildman–Crippen LogP) is 5.56. The Hall–Kier alpha value is -0.673. The Kier molecular flexibility index (Phi) is 4.48. The van der Waals surface area contributed by atoms with E-state index in [1.54, 1.807) is 0 Å². The van der Waals surface area contributed by atoms with Crippen molar-refractivity contribution in [1.29, 1.82) is 0 Å². The summed E-state index contributed by atoms with van der Waals surface area (Å²) in [4.78, 5) is 12.6. The molecule has 2 atom stereocenters. The average molecular weight is 333 g/mol. The van der Waals surface area contributed by atoms with Crippen LogP contribution in [0.4, 0.5) is 0 Å². The summed E-state index contributed by atoms with van der Waals surface area (Å²) in [6.45, 7) is 11.6. The molecule has 0 spiro atoms. The minimum absolute atomic E-state index is 0.235. The van der Waals surface area contributed by atoms with Gasteiger partial charge in [-0.1, -0.05) is 26.8 Å². The number of carbonyl (C=O) groups excluding carboxylic acids is 1. The van der Waals surface area contributed by atoms with Gasteiger partial charge in [-0.05, 0) is 79.3 Å². The normalized spacial score (nSPS) is 29.1. The Morgan fingerprint density at radius 3 is 2.57 bits per heavy atom. The molecule has 0 aromatic rings. The second-order valence-corrected chi connectivity index (χ2v) is 13.9. The zero-order valence-corrected chi connectivity index (χ0v) is 16.5. The summed E-state index contributed by atoms with van der Waals surface area (Å²) >= 11 is 0. The molecule has 1 saturated carbocycles. The van der Waals surface area contributed by atoms with Crippen LogP contribution in [0, 0.1) is 5.92 Å². The van der Waals surface area contributed by atoms with E-state index in [9.17, 15) is 4.79 Å². The largest absolute Gasteiger partial charge is 0.410 e. The molecule has 0 aliphatic heterocycles. The zero-order valence-electron chi connectivity index (χ0n) is 15.5. The van der Waals surface area contributed by atoms with Crippen LogP contribution in [0.25, 0.3) is 0 Å². The van der Waals surface area contributed by atoms with E-state index < -0.39 is 8.32 Å². The summed E-state index contributed by atoms with van der Waals surface area (Å²) in [5.74, 6) is 0.846. The van der Waals surface area contributed by atoms with Crippen molar-refractivity contribution in [2.75, 3.05) is 0 Å². The zero-order chi connectivity index (χ0) is 16.8. The van der Waals surface area contributed by atoms with Gasteiger partial charge in [0.2, 0.25) is 0 Å². The van der Waals surface area contributed by atoms with Crippen molar-refractivity contribution in [3.05, 3.63) is 22.8 Å². The standard InChI is InChI=1S/C20H32O2Si/c1-20(2,3)23(4,5)22-19-11-7-9-15-13-18(21)16-10-6-8-14(16)12-17(15)19/h12,15,19H,6-11,13H2,1-5H3. The molecule has 3 aliphatic rings. The lowest BCUT2D eigenvalue weighted by Crippen LogP contribution is -2.45. The first kappa shape index (κ1) is 17.2. The molecule has 128 valence electrons. The molecule has 0 amide bonds. The van der Waals surface area contributed by atoms with Gasteiger partial charge in [-0.25, -0.2) is 0 Å². The van der Waals surface area contributed by atoms with Crippen LogP contribution < -0.4 is 0 Å². The number of carbonyl (C=O) groups is 1. The van der Waals surface area contributed by atoms with Gasteiger partial charge in [-0.3, -0.25) is 4.79 Å². The van der Waals surface area contributed by atoms with Crippen LogP contribution in [0.5, 0.6) is 0 Å². The van der Waals surface area contributed by atoms with Crippen LogP contribution in [0.1, 0.15) is 65.7 Å². The van der Waals surface area contributed by atoms with Gasteiger partial charge in [-0.2, -0.15) is 0 Å². The highest BCUT2D eigenvalue weighted by molar-refractivity contribution is 6.74. The lowest BCUT2D eigenvalue weighted by Gasteiger charge is -2.42. The summed E-state index contributed by atoms with van der Waals surface area (Å²) in [5.41, 5.74) is 3.91. The third kappa shape index (κ3) is 3.27. The molecular formula is C20H32O2Si. The highest BCUT2D eigenvalue weighted by atomic mass is 28.4. The highest BCUT2D eigenvalue weighted by Crippen LogP contribution is 2.45. The van der Waals surface area contributed by atoms with Crippen molar-refractivity contribution in [2.45, 2.75) is 90.0 Å². The van der Waals surface area contributed by atoms with Crippen molar-refractivity contribution >= 4 is 14.1 Å². The summed E-state index contributed by atoms with van der Waals surface area (Å²) in [5, 5.41) is 0.235. The molecule has 3 aliphatic carbocycles. The molecule has 1 fully saturated rings. The van der Waals surface area contributed by atoms with Gasteiger partial charge in [0.15, 0.2) is 14.1 Å². The van der Waals surface area contributed by atoms with E-state index in [1.807, 2.05) is 0 Å². The SMILES string of the molecule is CC(C)(C)[Si](C)(C)OC1CCCC2CC(=O)C3=C(C=C21)CCC3. The Morgan fingerprint density at radius 1 is 1.13 bits per heavy atom. The number of allylic oxidation sites excluding steroid dienone is 3. The van der Waals surface area contributed by atoms with Gasteiger partial charge in [0.1, 0.15) is 0 Å². The Bertz CT molecular complexity index is 563. The fourth-order valence-corrected chi connectivity index (χ4v) is 5.35. The molecule has 23 heavy (non-hydrogen) atoms. The Labute approximate surface area is 142 Å². The lowest BCUT2D eigenvalue weighted by atomic mass is 9.79. The van der Waals surface area contributed by atoms with Gasteiger partial charge >= 0.3 is 0 Å². The van der Waals surface area contributed by atoms with Gasteiger partial charge in [-0.15, -0.1) is 0 Å². The second-order valence-electron chi connectivity index (χ2n) is 9.12. The number of hydrogen-bond acceptors (Lipinski definition) is 2. The molecule has 0 heterocycles. The number of fused-ring (bicyclic) bond motifs is 1. The molecule has 0 radical (unpaired) electrons. The molecule has 2 nitrogen and oxygen atoms in total. The third-order valence-corrected chi connectivity index (χ3v) is 11.0. The van der Waals surface area contributed by atoms with E-state index >= 15 is 0 Å². The topological polar surface area (TPSA) is 26.3 Å². The van der Waals surface area contributed by atoms with Crippen LogP contribution in [-0.4, -0.2) is 20.2 Å². The maximum absolute atomic E-state index is 12.6. The summed E-state index contributed by atoms with van der Waals surface area (Å²) in [7, 11) is -1.78. The monoisotopic (exact) mass is 332 g/mol.